The second kappa shape index (κ2) is 7.35. The fraction of sp³-hybridized carbons (Fsp3) is 0.125. The Hall–Kier alpha value is -2.24. The number of nitrogens with zero attached hydrogens (tertiary/aromatic N) is 1. The third-order valence-corrected chi connectivity index (χ3v) is 3.87. The van der Waals surface area contributed by atoms with Crippen molar-refractivity contribution in [3.05, 3.63) is 63.6 Å². The van der Waals surface area contributed by atoms with Crippen molar-refractivity contribution >= 4 is 40.8 Å². The number of rotatable bonds is 4. The monoisotopic (exact) mass is 351 g/mol. The minimum Gasteiger partial charge on any atom is -0.351 e. The number of hydrogen-bond acceptors (Lipinski definition) is 2. The van der Waals surface area contributed by atoms with E-state index in [0.29, 0.717) is 27.8 Å². The van der Waals surface area contributed by atoms with Crippen LogP contribution in [0.25, 0.3) is 0 Å². The molecule has 120 valence electrons. The third kappa shape index (κ3) is 4.61. The number of carbonyl (C=O) groups excluding carboxylic acids is 2. The number of nitrogens with two attached hydrogens (primary N) is 1. The Morgan fingerprint density at radius 2 is 1.87 bits per heavy atom. The van der Waals surface area contributed by atoms with Gasteiger partial charge in [-0.05, 0) is 35.9 Å². The molecule has 0 bridgehead atoms. The molecule has 23 heavy (non-hydrogen) atoms. The molecule has 0 aliphatic heterocycles. The van der Waals surface area contributed by atoms with E-state index in [-0.39, 0.29) is 5.91 Å². The summed E-state index contributed by atoms with van der Waals surface area (Å²) in [5, 5.41) is 3.35. The molecule has 0 saturated heterocycles. The van der Waals surface area contributed by atoms with Gasteiger partial charge in [0.15, 0.2) is 0 Å². The summed E-state index contributed by atoms with van der Waals surface area (Å²) in [6.45, 7) is 0.378. The van der Waals surface area contributed by atoms with Gasteiger partial charge in [-0.15, -0.1) is 0 Å². The minimum atomic E-state index is -0.682. The highest BCUT2D eigenvalue weighted by Gasteiger charge is 2.13. The first kappa shape index (κ1) is 17.1. The molecule has 3 N–H and O–H groups in total. The van der Waals surface area contributed by atoms with Gasteiger partial charge in [0.2, 0.25) is 0 Å². The quantitative estimate of drug-likeness (QED) is 0.879. The molecule has 2 aromatic carbocycles. The van der Waals surface area contributed by atoms with Crippen LogP contribution in [-0.4, -0.2) is 23.9 Å². The molecular weight excluding hydrogens is 337 g/mol. The van der Waals surface area contributed by atoms with Crippen LogP contribution in [0.5, 0.6) is 0 Å². The van der Waals surface area contributed by atoms with Gasteiger partial charge in [-0.2, -0.15) is 0 Å². The number of nitrogens with one attached hydrogen (secondary N) is 1. The Bertz CT molecular complexity index is 750. The van der Waals surface area contributed by atoms with Crippen molar-refractivity contribution in [2.24, 2.45) is 5.73 Å². The van der Waals surface area contributed by atoms with Crippen molar-refractivity contribution in [2.75, 3.05) is 12.4 Å². The van der Waals surface area contributed by atoms with Gasteiger partial charge in [0.1, 0.15) is 0 Å². The first-order valence-electron chi connectivity index (χ1n) is 6.72. The molecule has 5 nitrogen and oxygen atoms in total. The van der Waals surface area contributed by atoms with Crippen molar-refractivity contribution in [1.82, 2.24) is 4.90 Å². The Morgan fingerprint density at radius 3 is 2.52 bits per heavy atom. The molecule has 0 atom stereocenters. The zero-order valence-corrected chi connectivity index (χ0v) is 13.9. The lowest BCUT2D eigenvalue weighted by Gasteiger charge is -2.18. The van der Waals surface area contributed by atoms with Crippen LogP contribution in [0.4, 0.5) is 10.5 Å². The van der Waals surface area contributed by atoms with E-state index in [2.05, 4.69) is 5.32 Å². The number of anilines is 1. The number of benzene rings is 2. The van der Waals surface area contributed by atoms with E-state index in [4.69, 9.17) is 28.9 Å². The molecule has 0 unspecified atom stereocenters. The molecule has 0 aliphatic carbocycles. The van der Waals surface area contributed by atoms with E-state index in [0.717, 1.165) is 5.56 Å². The van der Waals surface area contributed by atoms with Gasteiger partial charge in [0.05, 0.1) is 10.0 Å². The summed E-state index contributed by atoms with van der Waals surface area (Å²) in [7, 11) is 1.68. The first-order valence-corrected chi connectivity index (χ1v) is 7.48. The van der Waals surface area contributed by atoms with E-state index >= 15 is 0 Å². The van der Waals surface area contributed by atoms with Crippen LogP contribution in [0.1, 0.15) is 15.9 Å². The molecular formula is C16H15Cl2N3O2. The Kier molecular flexibility index (Phi) is 5.47. The maximum atomic E-state index is 12.5. The van der Waals surface area contributed by atoms with Crippen LogP contribution in [0.15, 0.2) is 42.5 Å². The van der Waals surface area contributed by atoms with Gasteiger partial charge in [-0.25, -0.2) is 4.79 Å². The Balaban J connectivity index is 2.12. The lowest BCUT2D eigenvalue weighted by molar-refractivity contribution is 0.0785. The summed E-state index contributed by atoms with van der Waals surface area (Å²) in [4.78, 5) is 24.9. The maximum absolute atomic E-state index is 12.5. The molecule has 0 aromatic heterocycles. The molecule has 0 saturated carbocycles. The normalized spacial score (nSPS) is 10.2. The summed E-state index contributed by atoms with van der Waals surface area (Å²) in [5.74, 6) is -0.191. The van der Waals surface area contributed by atoms with E-state index in [1.54, 1.807) is 48.3 Å². The van der Waals surface area contributed by atoms with Crippen LogP contribution < -0.4 is 11.1 Å². The predicted octanol–water partition coefficient (Wildman–Crippen LogP) is 3.76. The van der Waals surface area contributed by atoms with Gasteiger partial charge in [0, 0.05) is 24.8 Å². The fourth-order valence-corrected chi connectivity index (χ4v) is 2.40. The van der Waals surface area contributed by atoms with Gasteiger partial charge in [-0.1, -0.05) is 35.3 Å². The second-order valence-electron chi connectivity index (χ2n) is 4.98. The minimum absolute atomic E-state index is 0.191. The van der Waals surface area contributed by atoms with Crippen LogP contribution in [0, 0.1) is 0 Å². The fourth-order valence-electron chi connectivity index (χ4n) is 2.08. The number of halogens is 2. The van der Waals surface area contributed by atoms with Crippen LogP contribution in [-0.2, 0) is 6.54 Å². The van der Waals surface area contributed by atoms with E-state index < -0.39 is 6.03 Å². The van der Waals surface area contributed by atoms with Crippen molar-refractivity contribution in [3.63, 3.8) is 0 Å². The maximum Gasteiger partial charge on any atom is 0.316 e. The molecule has 0 spiro atoms. The highest BCUT2D eigenvalue weighted by Crippen LogP contribution is 2.23. The summed E-state index contributed by atoms with van der Waals surface area (Å²) in [6.07, 6.45) is 0. The molecule has 0 heterocycles. The molecule has 2 rings (SSSR count). The van der Waals surface area contributed by atoms with Gasteiger partial charge < -0.3 is 16.0 Å². The van der Waals surface area contributed by atoms with Gasteiger partial charge >= 0.3 is 6.03 Å². The van der Waals surface area contributed by atoms with Crippen LogP contribution in [0.3, 0.4) is 0 Å². The molecule has 0 fully saturated rings. The average Bonchev–Trinajstić information content (AvgIpc) is 2.49. The van der Waals surface area contributed by atoms with Crippen LogP contribution >= 0.6 is 23.2 Å². The van der Waals surface area contributed by atoms with E-state index in [1.165, 1.54) is 0 Å². The van der Waals surface area contributed by atoms with E-state index in [9.17, 15) is 9.59 Å². The van der Waals surface area contributed by atoms with E-state index in [1.807, 2.05) is 6.07 Å². The van der Waals surface area contributed by atoms with Crippen molar-refractivity contribution in [3.8, 4) is 0 Å². The molecule has 7 heteroatoms. The van der Waals surface area contributed by atoms with Crippen molar-refractivity contribution in [2.45, 2.75) is 6.54 Å². The zero-order valence-electron chi connectivity index (χ0n) is 12.3. The lowest BCUT2D eigenvalue weighted by atomic mass is 10.1. The number of primary amides is 1. The second-order valence-corrected chi connectivity index (χ2v) is 5.79. The van der Waals surface area contributed by atoms with Gasteiger partial charge in [0.25, 0.3) is 5.91 Å². The number of urea groups is 1. The zero-order chi connectivity index (χ0) is 17.0. The summed E-state index contributed by atoms with van der Waals surface area (Å²) in [5.41, 5.74) is 6.84. The SMILES string of the molecule is CN(Cc1ccc(Cl)c(Cl)c1)C(=O)c1cccc(NC(N)=O)c1. The number of hydrogen-bond donors (Lipinski definition) is 2. The Morgan fingerprint density at radius 1 is 1.13 bits per heavy atom. The third-order valence-electron chi connectivity index (χ3n) is 3.13. The standard InChI is InChI=1S/C16H15Cl2N3O2/c1-21(9-10-5-6-13(17)14(18)7-10)15(22)11-3-2-4-12(8-11)20-16(19)23/h2-8H,9H2,1H3,(H3,19,20,23). The molecule has 0 aliphatic rings. The topological polar surface area (TPSA) is 75.4 Å². The smallest absolute Gasteiger partial charge is 0.316 e. The highest BCUT2D eigenvalue weighted by molar-refractivity contribution is 6.42. The average molecular weight is 352 g/mol. The summed E-state index contributed by atoms with van der Waals surface area (Å²) < 4.78 is 0. The first-order chi connectivity index (χ1) is 10.9. The summed E-state index contributed by atoms with van der Waals surface area (Å²) in [6, 6.07) is 11.1. The number of carbonyl (C=O) groups is 2. The Labute approximate surface area is 144 Å². The number of amides is 3. The van der Waals surface area contributed by atoms with Crippen molar-refractivity contribution in [1.29, 1.82) is 0 Å². The highest BCUT2D eigenvalue weighted by atomic mass is 35.5. The lowest BCUT2D eigenvalue weighted by Crippen LogP contribution is -2.26. The van der Waals surface area contributed by atoms with Crippen molar-refractivity contribution < 1.29 is 9.59 Å². The molecule has 2 aromatic rings. The summed E-state index contributed by atoms with van der Waals surface area (Å²) >= 11 is 11.9. The van der Waals surface area contributed by atoms with Crippen LogP contribution in [0.2, 0.25) is 10.0 Å². The molecule has 3 amide bonds. The largest absolute Gasteiger partial charge is 0.351 e. The molecule has 0 radical (unpaired) electrons. The van der Waals surface area contributed by atoms with Gasteiger partial charge in [-0.3, -0.25) is 4.79 Å². The predicted molar refractivity (Wildman–Crippen MR) is 91.9 cm³/mol.